The Morgan fingerprint density at radius 2 is 1.91 bits per heavy atom. The maximum atomic E-state index is 12.4. The Morgan fingerprint density at radius 3 is 2.59 bits per heavy atom. The number of fused-ring (bicyclic) bond motifs is 3. The number of nitrogens with zero attached hydrogens (tertiary/aromatic N) is 3. The molecule has 0 radical (unpaired) electrons. The minimum atomic E-state index is -0.361. The highest BCUT2D eigenvalue weighted by atomic mass is 16.5. The summed E-state index contributed by atoms with van der Waals surface area (Å²) in [5, 5.41) is 7.82. The molecule has 2 bridgehead atoms. The minimum Gasteiger partial charge on any atom is -0.448 e. The SMILES string of the molecule is CC(C)c1ccc(NC(=O)OC[C@H]2C[C@H]3CCN2C[C@@H]3c2cc(C3CCCCC3)nn2C)cc1. The number of hydrogen-bond acceptors (Lipinski definition) is 4. The molecule has 1 saturated carbocycles. The Bertz CT molecular complexity index is 977. The average molecular weight is 465 g/mol. The van der Waals surface area contributed by atoms with Crippen LogP contribution in [0.5, 0.6) is 0 Å². The number of nitrogens with one attached hydrogen (secondary N) is 1. The maximum absolute atomic E-state index is 12.4. The summed E-state index contributed by atoms with van der Waals surface area (Å²) in [6.45, 7) is 6.93. The van der Waals surface area contributed by atoms with Crippen molar-refractivity contribution in [2.75, 3.05) is 25.0 Å². The summed E-state index contributed by atoms with van der Waals surface area (Å²) in [6, 6.07) is 10.7. The van der Waals surface area contributed by atoms with Gasteiger partial charge in [0.1, 0.15) is 6.61 Å². The summed E-state index contributed by atoms with van der Waals surface area (Å²) in [4.78, 5) is 14.9. The molecule has 0 spiro atoms. The van der Waals surface area contributed by atoms with Crippen LogP contribution in [0.4, 0.5) is 10.5 Å². The zero-order valence-corrected chi connectivity index (χ0v) is 21.0. The summed E-state index contributed by atoms with van der Waals surface area (Å²) in [7, 11) is 2.12. The Hall–Kier alpha value is -2.34. The van der Waals surface area contributed by atoms with Gasteiger partial charge in [-0.25, -0.2) is 4.79 Å². The third-order valence-corrected chi connectivity index (χ3v) is 8.45. The van der Waals surface area contributed by atoms with Crippen LogP contribution in [0.1, 0.15) is 93.5 Å². The van der Waals surface area contributed by atoms with Crippen LogP contribution >= 0.6 is 0 Å². The molecule has 4 aliphatic rings. The van der Waals surface area contributed by atoms with E-state index in [1.165, 1.54) is 55.5 Å². The van der Waals surface area contributed by atoms with Crippen molar-refractivity contribution in [3.8, 4) is 0 Å². The van der Waals surface area contributed by atoms with Crippen molar-refractivity contribution >= 4 is 11.8 Å². The first-order valence-corrected chi connectivity index (χ1v) is 13.3. The lowest BCUT2D eigenvalue weighted by Gasteiger charge is -2.49. The van der Waals surface area contributed by atoms with E-state index >= 15 is 0 Å². The normalized spacial score (nSPS) is 27.2. The molecule has 1 N–H and O–H groups in total. The fourth-order valence-electron chi connectivity index (χ4n) is 6.37. The molecule has 6 rings (SSSR count). The van der Waals surface area contributed by atoms with E-state index in [-0.39, 0.29) is 6.09 Å². The lowest BCUT2D eigenvalue weighted by Crippen LogP contribution is -2.54. The van der Waals surface area contributed by atoms with Crippen LogP contribution in [-0.4, -0.2) is 46.5 Å². The smallest absolute Gasteiger partial charge is 0.411 e. The van der Waals surface area contributed by atoms with E-state index in [1.54, 1.807) is 0 Å². The number of rotatable bonds is 6. The first-order valence-electron chi connectivity index (χ1n) is 13.3. The van der Waals surface area contributed by atoms with Crippen molar-refractivity contribution in [3.05, 3.63) is 47.3 Å². The Labute approximate surface area is 204 Å². The highest BCUT2D eigenvalue weighted by molar-refractivity contribution is 5.84. The molecule has 2 aromatic rings. The average Bonchev–Trinajstić information content (AvgIpc) is 3.25. The summed E-state index contributed by atoms with van der Waals surface area (Å²) in [5.74, 6) is 2.30. The molecule has 1 unspecified atom stereocenters. The molecule has 3 saturated heterocycles. The van der Waals surface area contributed by atoms with Gasteiger partial charge in [-0.15, -0.1) is 0 Å². The number of aromatic nitrogens is 2. The van der Waals surface area contributed by atoms with Crippen LogP contribution < -0.4 is 5.32 Å². The third-order valence-electron chi connectivity index (χ3n) is 8.45. The summed E-state index contributed by atoms with van der Waals surface area (Å²) >= 11 is 0. The van der Waals surface area contributed by atoms with Gasteiger partial charge in [0.2, 0.25) is 0 Å². The molecule has 1 aromatic heterocycles. The van der Waals surface area contributed by atoms with Crippen LogP contribution in [-0.2, 0) is 11.8 Å². The van der Waals surface area contributed by atoms with Gasteiger partial charge in [-0.2, -0.15) is 5.10 Å². The van der Waals surface area contributed by atoms with Crippen molar-refractivity contribution in [2.45, 2.75) is 82.6 Å². The van der Waals surface area contributed by atoms with Crippen LogP contribution in [0.25, 0.3) is 0 Å². The van der Waals surface area contributed by atoms with Crippen molar-refractivity contribution in [1.29, 1.82) is 0 Å². The van der Waals surface area contributed by atoms with Crippen molar-refractivity contribution in [2.24, 2.45) is 13.0 Å². The van der Waals surface area contributed by atoms with Crippen molar-refractivity contribution < 1.29 is 9.53 Å². The minimum absolute atomic E-state index is 0.315. The second kappa shape index (κ2) is 10.1. The molecule has 6 heteroatoms. The molecular formula is C28H40N4O2. The second-order valence-electron chi connectivity index (χ2n) is 11.0. The summed E-state index contributed by atoms with van der Waals surface area (Å²) in [6.07, 6.45) is 8.59. The Balaban J connectivity index is 1.15. The van der Waals surface area contributed by atoms with E-state index in [0.29, 0.717) is 36.3 Å². The quantitative estimate of drug-likeness (QED) is 0.568. The van der Waals surface area contributed by atoms with Crippen molar-refractivity contribution in [3.63, 3.8) is 0 Å². The molecule has 4 heterocycles. The van der Waals surface area contributed by atoms with Gasteiger partial charge in [0.25, 0.3) is 0 Å². The predicted octanol–water partition coefficient (Wildman–Crippen LogP) is 6.02. The topological polar surface area (TPSA) is 59.4 Å². The van der Waals surface area contributed by atoms with Gasteiger partial charge in [0.15, 0.2) is 0 Å². The van der Waals surface area contributed by atoms with E-state index in [9.17, 15) is 4.79 Å². The number of benzene rings is 1. The van der Waals surface area contributed by atoms with Crippen molar-refractivity contribution in [1.82, 2.24) is 14.7 Å². The number of ether oxygens (including phenoxy) is 1. The third kappa shape index (κ3) is 5.02. The standard InChI is InChI=1S/C28H40N4O2/c1-19(2)20-9-11-23(12-10-20)29-28(33)34-18-24-15-22-13-14-32(24)17-25(22)27-16-26(30-31(27)3)21-7-5-4-6-8-21/h9-12,16,19,21-22,24-25H,4-8,13-15,17-18H2,1-3H3,(H,29,33)/t22-,24-,25+/m1/s1. The van der Waals surface area contributed by atoms with E-state index in [1.807, 2.05) is 12.1 Å². The van der Waals surface area contributed by atoms with Gasteiger partial charge in [-0.1, -0.05) is 45.2 Å². The number of amides is 1. The first kappa shape index (κ1) is 23.4. The second-order valence-corrected chi connectivity index (χ2v) is 11.0. The van der Waals surface area contributed by atoms with Gasteiger partial charge < -0.3 is 4.74 Å². The van der Waals surface area contributed by atoms with Gasteiger partial charge in [-0.05, 0) is 67.8 Å². The Morgan fingerprint density at radius 1 is 1.15 bits per heavy atom. The molecule has 4 fully saturated rings. The highest BCUT2D eigenvalue weighted by Gasteiger charge is 2.42. The fraction of sp³-hybridized carbons (Fsp3) is 0.643. The number of hydrogen-bond donors (Lipinski definition) is 1. The molecule has 1 amide bonds. The van der Waals surface area contributed by atoms with E-state index in [2.05, 4.69) is 54.0 Å². The zero-order chi connectivity index (χ0) is 23.7. The highest BCUT2D eigenvalue weighted by Crippen LogP contribution is 2.43. The molecule has 3 aliphatic heterocycles. The summed E-state index contributed by atoms with van der Waals surface area (Å²) < 4.78 is 7.81. The van der Waals surface area contributed by atoms with Gasteiger partial charge in [0, 0.05) is 42.9 Å². The number of piperidine rings is 3. The van der Waals surface area contributed by atoms with E-state index in [0.717, 1.165) is 25.2 Å². The molecule has 184 valence electrons. The summed E-state index contributed by atoms with van der Waals surface area (Å²) in [5.41, 5.74) is 4.76. The predicted molar refractivity (Wildman–Crippen MR) is 135 cm³/mol. The van der Waals surface area contributed by atoms with E-state index < -0.39 is 0 Å². The van der Waals surface area contributed by atoms with Crippen LogP contribution in [0.2, 0.25) is 0 Å². The molecular weight excluding hydrogens is 424 g/mol. The molecule has 6 nitrogen and oxygen atoms in total. The number of anilines is 1. The largest absolute Gasteiger partial charge is 0.448 e. The monoisotopic (exact) mass is 464 g/mol. The molecule has 4 atom stereocenters. The van der Waals surface area contributed by atoms with Crippen LogP contribution in [0.3, 0.4) is 0 Å². The van der Waals surface area contributed by atoms with E-state index in [4.69, 9.17) is 9.84 Å². The first-order chi connectivity index (χ1) is 16.5. The molecule has 1 aliphatic carbocycles. The lowest BCUT2D eigenvalue weighted by atomic mass is 9.74. The van der Waals surface area contributed by atoms with Gasteiger partial charge in [0.05, 0.1) is 5.69 Å². The van der Waals surface area contributed by atoms with Crippen LogP contribution in [0, 0.1) is 5.92 Å². The number of aryl methyl sites for hydroxylation is 1. The lowest BCUT2D eigenvalue weighted by molar-refractivity contribution is -0.00222. The number of carbonyl (C=O) groups excluding carboxylic acids is 1. The Kier molecular flexibility index (Phi) is 6.96. The molecule has 34 heavy (non-hydrogen) atoms. The molecule has 1 aromatic carbocycles. The number of carbonyl (C=O) groups is 1. The maximum Gasteiger partial charge on any atom is 0.411 e. The zero-order valence-electron chi connectivity index (χ0n) is 21.0. The fourth-order valence-corrected chi connectivity index (χ4v) is 6.37. The van der Waals surface area contributed by atoms with Gasteiger partial charge >= 0.3 is 6.09 Å². The van der Waals surface area contributed by atoms with Crippen LogP contribution in [0.15, 0.2) is 30.3 Å². The van der Waals surface area contributed by atoms with Gasteiger partial charge in [-0.3, -0.25) is 14.9 Å².